The van der Waals surface area contributed by atoms with Gasteiger partial charge in [-0.3, -0.25) is 4.79 Å². The molecule has 1 aromatic rings. The third-order valence-corrected chi connectivity index (χ3v) is 1.85. The lowest BCUT2D eigenvalue weighted by molar-refractivity contribution is 0.100. The summed E-state index contributed by atoms with van der Waals surface area (Å²) in [7, 11) is 0. The van der Waals surface area contributed by atoms with Gasteiger partial charge in [0.05, 0.1) is 12.8 Å². The maximum absolute atomic E-state index is 11.4. The Morgan fingerprint density at radius 3 is 2.67 bits per heavy atom. The van der Waals surface area contributed by atoms with E-state index in [1.807, 2.05) is 6.92 Å². The minimum absolute atomic E-state index is 0.0872. The highest BCUT2D eigenvalue weighted by molar-refractivity contribution is 6.03. The molecule has 15 heavy (non-hydrogen) atoms. The molecular formula is C11H13NO3. The van der Waals surface area contributed by atoms with Crippen molar-refractivity contribution in [3.05, 3.63) is 29.8 Å². The number of hydrogen-bond donors (Lipinski definition) is 1. The number of ketones is 1. The van der Waals surface area contributed by atoms with Crippen molar-refractivity contribution in [2.24, 2.45) is 5.16 Å². The predicted octanol–water partition coefficient (Wildman–Crippen LogP) is 2.12. The van der Waals surface area contributed by atoms with Crippen LogP contribution in [0, 0.1) is 0 Å². The van der Waals surface area contributed by atoms with Crippen molar-refractivity contribution in [2.75, 3.05) is 6.61 Å². The molecular weight excluding hydrogens is 194 g/mol. The van der Waals surface area contributed by atoms with Gasteiger partial charge in [0.1, 0.15) is 5.75 Å². The number of nitrogens with zero attached hydrogens (tertiary/aromatic N) is 1. The molecule has 0 amide bonds. The number of Topliss-reactive ketones (excluding diaryl/α,β-unsaturated/α-hetero) is 1. The molecule has 4 heteroatoms. The lowest BCUT2D eigenvalue weighted by Gasteiger charge is -2.03. The number of carbonyl (C=O) groups excluding carboxylic acids is 1. The molecule has 0 aliphatic rings. The van der Waals surface area contributed by atoms with Crippen LogP contribution in [0.2, 0.25) is 0 Å². The van der Waals surface area contributed by atoms with Crippen molar-refractivity contribution in [3.8, 4) is 5.75 Å². The van der Waals surface area contributed by atoms with Crippen LogP contribution in [0.4, 0.5) is 0 Å². The van der Waals surface area contributed by atoms with Gasteiger partial charge in [-0.25, -0.2) is 0 Å². The van der Waals surface area contributed by atoms with Crippen molar-refractivity contribution in [3.63, 3.8) is 0 Å². The molecule has 1 aromatic carbocycles. The molecule has 0 saturated heterocycles. The predicted molar refractivity (Wildman–Crippen MR) is 56.8 cm³/mol. The van der Waals surface area contributed by atoms with Crippen LogP contribution in [-0.4, -0.2) is 23.8 Å². The summed E-state index contributed by atoms with van der Waals surface area (Å²) >= 11 is 0. The first-order valence-corrected chi connectivity index (χ1v) is 4.70. The zero-order valence-electron chi connectivity index (χ0n) is 8.51. The molecule has 0 atom stereocenters. The maximum atomic E-state index is 11.4. The number of carbonyl (C=O) groups is 1. The lowest BCUT2D eigenvalue weighted by Crippen LogP contribution is -1.99. The zero-order valence-corrected chi connectivity index (χ0v) is 8.51. The minimum atomic E-state index is -0.0872. The van der Waals surface area contributed by atoms with Crippen LogP contribution in [0.5, 0.6) is 5.75 Å². The number of ether oxygens (including phenoxy) is 1. The van der Waals surface area contributed by atoms with Gasteiger partial charge < -0.3 is 9.94 Å². The Morgan fingerprint density at radius 2 is 2.13 bits per heavy atom. The van der Waals surface area contributed by atoms with Gasteiger partial charge >= 0.3 is 0 Å². The fourth-order valence-corrected chi connectivity index (χ4v) is 1.15. The maximum Gasteiger partial charge on any atom is 0.168 e. The van der Waals surface area contributed by atoms with Gasteiger partial charge in [-0.1, -0.05) is 0 Å². The van der Waals surface area contributed by atoms with E-state index < -0.39 is 0 Å². The van der Waals surface area contributed by atoms with Gasteiger partial charge in [0.25, 0.3) is 0 Å². The van der Waals surface area contributed by atoms with Crippen molar-refractivity contribution in [1.29, 1.82) is 0 Å². The molecule has 0 unspecified atom stereocenters. The van der Waals surface area contributed by atoms with E-state index in [2.05, 4.69) is 5.16 Å². The zero-order chi connectivity index (χ0) is 11.1. The average molecular weight is 207 g/mol. The molecule has 0 aromatic heterocycles. The summed E-state index contributed by atoms with van der Waals surface area (Å²) in [5, 5.41) is 11.0. The molecule has 0 bridgehead atoms. The van der Waals surface area contributed by atoms with Crippen LogP contribution in [0.15, 0.2) is 29.4 Å². The highest BCUT2D eigenvalue weighted by Crippen LogP contribution is 2.12. The molecule has 0 aliphatic heterocycles. The molecule has 1 N–H and O–H groups in total. The van der Waals surface area contributed by atoms with Crippen LogP contribution in [0.3, 0.4) is 0 Å². The topological polar surface area (TPSA) is 58.9 Å². The van der Waals surface area contributed by atoms with E-state index in [9.17, 15) is 4.79 Å². The van der Waals surface area contributed by atoms with Gasteiger partial charge in [0, 0.05) is 12.0 Å². The fourth-order valence-electron chi connectivity index (χ4n) is 1.15. The number of benzene rings is 1. The van der Waals surface area contributed by atoms with Gasteiger partial charge in [0.2, 0.25) is 0 Å². The van der Waals surface area contributed by atoms with Gasteiger partial charge in [-0.15, -0.1) is 5.16 Å². The second-order valence-electron chi connectivity index (χ2n) is 2.88. The van der Waals surface area contributed by atoms with Crippen molar-refractivity contribution < 1.29 is 14.7 Å². The summed E-state index contributed by atoms with van der Waals surface area (Å²) in [5.74, 6) is 0.653. The van der Waals surface area contributed by atoms with E-state index in [0.717, 1.165) is 5.75 Å². The Balaban J connectivity index is 2.66. The fraction of sp³-hybridized carbons (Fsp3) is 0.273. The van der Waals surface area contributed by atoms with Crippen molar-refractivity contribution >= 4 is 12.0 Å². The number of rotatable bonds is 5. The normalized spacial score (nSPS) is 10.5. The Hall–Kier alpha value is -1.84. The van der Waals surface area contributed by atoms with E-state index in [1.54, 1.807) is 24.3 Å². The molecule has 0 aliphatic carbocycles. The van der Waals surface area contributed by atoms with E-state index in [0.29, 0.717) is 12.2 Å². The third kappa shape index (κ3) is 3.42. The monoisotopic (exact) mass is 207 g/mol. The molecule has 0 heterocycles. The van der Waals surface area contributed by atoms with Crippen LogP contribution < -0.4 is 4.74 Å². The molecule has 0 saturated carbocycles. The number of hydrogen-bond acceptors (Lipinski definition) is 4. The second-order valence-corrected chi connectivity index (χ2v) is 2.88. The van der Waals surface area contributed by atoms with Crippen molar-refractivity contribution in [2.45, 2.75) is 13.3 Å². The number of oxime groups is 1. The van der Waals surface area contributed by atoms with Crippen LogP contribution in [-0.2, 0) is 0 Å². The highest BCUT2D eigenvalue weighted by Gasteiger charge is 2.03. The standard InChI is InChI=1S/C11H13NO3/c1-2-15-10-5-3-9(4-6-10)11(13)7-8-12-14/h3-6,8,14H,2,7H2,1H3. The van der Waals surface area contributed by atoms with E-state index in [1.165, 1.54) is 6.21 Å². The van der Waals surface area contributed by atoms with Crippen LogP contribution in [0.1, 0.15) is 23.7 Å². The Bertz CT molecular complexity index is 343. The molecule has 0 spiro atoms. The van der Waals surface area contributed by atoms with E-state index >= 15 is 0 Å². The van der Waals surface area contributed by atoms with Gasteiger partial charge in [-0.2, -0.15) is 0 Å². The Labute approximate surface area is 88.2 Å². The summed E-state index contributed by atoms with van der Waals surface area (Å²) in [5.41, 5.74) is 0.582. The molecule has 1 rings (SSSR count). The molecule has 4 nitrogen and oxygen atoms in total. The lowest BCUT2D eigenvalue weighted by atomic mass is 10.1. The second kappa shape index (κ2) is 5.80. The van der Waals surface area contributed by atoms with Crippen LogP contribution in [0.25, 0.3) is 0 Å². The highest BCUT2D eigenvalue weighted by atomic mass is 16.5. The third-order valence-electron chi connectivity index (χ3n) is 1.85. The molecule has 80 valence electrons. The summed E-state index contributed by atoms with van der Waals surface area (Å²) in [6.45, 7) is 2.50. The van der Waals surface area contributed by atoms with E-state index in [-0.39, 0.29) is 12.2 Å². The summed E-state index contributed by atoms with van der Waals surface area (Å²) in [6.07, 6.45) is 1.27. The van der Waals surface area contributed by atoms with E-state index in [4.69, 9.17) is 9.94 Å². The largest absolute Gasteiger partial charge is 0.494 e. The molecule has 0 fully saturated rings. The first kappa shape index (κ1) is 11.2. The average Bonchev–Trinajstić information content (AvgIpc) is 2.27. The summed E-state index contributed by atoms with van der Waals surface area (Å²) in [4.78, 5) is 11.4. The van der Waals surface area contributed by atoms with Gasteiger partial charge in [0.15, 0.2) is 5.78 Å². The smallest absolute Gasteiger partial charge is 0.168 e. The SMILES string of the molecule is CCOc1ccc(C(=O)CC=NO)cc1. The first-order valence-electron chi connectivity index (χ1n) is 4.70. The summed E-state index contributed by atoms with van der Waals surface area (Å²) < 4.78 is 5.24. The first-order chi connectivity index (χ1) is 7.27. The minimum Gasteiger partial charge on any atom is -0.494 e. The molecule has 0 radical (unpaired) electrons. The van der Waals surface area contributed by atoms with Crippen molar-refractivity contribution in [1.82, 2.24) is 0 Å². The quantitative estimate of drug-likeness (QED) is 0.348. The van der Waals surface area contributed by atoms with Crippen LogP contribution >= 0.6 is 0 Å². The Kier molecular flexibility index (Phi) is 4.34. The van der Waals surface area contributed by atoms with Gasteiger partial charge in [-0.05, 0) is 31.2 Å². The summed E-state index contributed by atoms with van der Waals surface area (Å²) in [6, 6.07) is 6.87. The Morgan fingerprint density at radius 1 is 1.47 bits per heavy atom.